The first-order valence-corrected chi connectivity index (χ1v) is 7.93. The van der Waals surface area contributed by atoms with Crippen LogP contribution in [0.25, 0.3) is 0 Å². The van der Waals surface area contributed by atoms with Gasteiger partial charge in [-0.05, 0) is 32.7 Å². The van der Waals surface area contributed by atoms with E-state index < -0.39 is 0 Å². The zero-order valence-corrected chi connectivity index (χ0v) is 14.6. The molecule has 2 saturated heterocycles. The van der Waals surface area contributed by atoms with Crippen molar-refractivity contribution in [2.75, 3.05) is 39.3 Å². The second-order valence-corrected chi connectivity index (χ2v) is 6.75. The molecule has 1 atom stereocenters. The molecule has 0 aromatic carbocycles. The molecule has 2 heterocycles. The average molecular weight is 338 g/mol. The van der Waals surface area contributed by atoms with E-state index in [1.165, 1.54) is 25.7 Å². The maximum atomic E-state index is 12.6. The molecule has 4 nitrogen and oxygen atoms in total. The number of halogens is 2. The van der Waals surface area contributed by atoms with Crippen molar-refractivity contribution in [3.8, 4) is 0 Å². The van der Waals surface area contributed by atoms with Gasteiger partial charge in [-0.2, -0.15) is 0 Å². The molecule has 3 rings (SSSR count). The number of carbonyl (C=O) groups excluding carboxylic acids is 1. The molecule has 1 saturated carbocycles. The molecule has 1 unspecified atom stereocenters. The van der Waals surface area contributed by atoms with Crippen molar-refractivity contribution in [1.82, 2.24) is 15.1 Å². The van der Waals surface area contributed by atoms with Gasteiger partial charge in [-0.15, -0.1) is 24.8 Å². The third-order valence-corrected chi connectivity index (χ3v) is 5.33. The van der Waals surface area contributed by atoms with Crippen LogP contribution in [0.4, 0.5) is 0 Å². The minimum atomic E-state index is -0.143. The van der Waals surface area contributed by atoms with Gasteiger partial charge in [0.25, 0.3) is 0 Å². The fourth-order valence-electron chi connectivity index (χ4n) is 3.94. The number of nitrogens with one attached hydrogen (secondary N) is 1. The van der Waals surface area contributed by atoms with E-state index in [4.69, 9.17) is 0 Å². The lowest BCUT2D eigenvalue weighted by Gasteiger charge is -2.40. The van der Waals surface area contributed by atoms with Crippen molar-refractivity contribution < 1.29 is 4.79 Å². The van der Waals surface area contributed by atoms with Gasteiger partial charge in [0.15, 0.2) is 0 Å². The fourth-order valence-corrected chi connectivity index (χ4v) is 3.94. The van der Waals surface area contributed by atoms with E-state index in [2.05, 4.69) is 22.0 Å². The second kappa shape index (κ2) is 8.00. The Balaban J connectivity index is 0.00000110. The van der Waals surface area contributed by atoms with Gasteiger partial charge in [0.05, 0.1) is 5.41 Å². The monoisotopic (exact) mass is 337 g/mol. The van der Waals surface area contributed by atoms with Crippen LogP contribution in [0.15, 0.2) is 0 Å². The molecular weight excluding hydrogens is 309 g/mol. The molecule has 2 aliphatic heterocycles. The van der Waals surface area contributed by atoms with Gasteiger partial charge in [-0.1, -0.05) is 12.8 Å². The van der Waals surface area contributed by atoms with Gasteiger partial charge in [-0.25, -0.2) is 0 Å². The Morgan fingerprint density at radius 1 is 1.10 bits per heavy atom. The van der Waals surface area contributed by atoms with Gasteiger partial charge in [0.1, 0.15) is 0 Å². The van der Waals surface area contributed by atoms with Crippen LogP contribution < -0.4 is 5.32 Å². The van der Waals surface area contributed by atoms with E-state index in [9.17, 15) is 4.79 Å². The zero-order chi connectivity index (χ0) is 13.3. The second-order valence-electron chi connectivity index (χ2n) is 6.75. The van der Waals surface area contributed by atoms with Gasteiger partial charge < -0.3 is 10.2 Å². The van der Waals surface area contributed by atoms with Gasteiger partial charge in [-0.3, -0.25) is 9.69 Å². The predicted octanol–water partition coefficient (Wildman–Crippen LogP) is 1.92. The highest BCUT2D eigenvalue weighted by Gasteiger charge is 2.40. The standard InChI is InChI=1S/C15H27N3O.2ClH/c1-15(6-7-16-12-15)14(19)18-10-8-17(9-11-18)13-4-2-3-5-13;;/h13,16H,2-12H2,1H3;2*1H. The molecule has 0 aromatic heterocycles. The summed E-state index contributed by atoms with van der Waals surface area (Å²) in [5.74, 6) is 0.378. The third-order valence-electron chi connectivity index (χ3n) is 5.33. The van der Waals surface area contributed by atoms with Crippen molar-refractivity contribution in [2.45, 2.75) is 45.1 Å². The average Bonchev–Trinajstić information content (AvgIpc) is 3.10. The lowest BCUT2D eigenvalue weighted by atomic mass is 9.88. The summed E-state index contributed by atoms with van der Waals surface area (Å²) in [5, 5.41) is 3.33. The topological polar surface area (TPSA) is 35.6 Å². The lowest BCUT2D eigenvalue weighted by Crippen LogP contribution is -2.54. The minimum Gasteiger partial charge on any atom is -0.340 e. The van der Waals surface area contributed by atoms with Crippen LogP contribution in [0.3, 0.4) is 0 Å². The smallest absolute Gasteiger partial charge is 0.229 e. The Labute approximate surface area is 140 Å². The first-order valence-electron chi connectivity index (χ1n) is 7.93. The molecule has 0 radical (unpaired) electrons. The molecule has 1 amide bonds. The van der Waals surface area contributed by atoms with Crippen molar-refractivity contribution >= 4 is 30.7 Å². The molecule has 0 bridgehead atoms. The van der Waals surface area contributed by atoms with E-state index in [-0.39, 0.29) is 30.2 Å². The number of hydrogen-bond donors (Lipinski definition) is 1. The number of amides is 1. The Kier molecular flexibility index (Phi) is 7.25. The van der Waals surface area contributed by atoms with E-state index in [0.717, 1.165) is 51.7 Å². The SMILES string of the molecule is CC1(C(=O)N2CCN(C3CCCC3)CC2)CCNC1.Cl.Cl. The number of hydrogen-bond acceptors (Lipinski definition) is 3. The summed E-state index contributed by atoms with van der Waals surface area (Å²) in [5.41, 5.74) is -0.143. The Morgan fingerprint density at radius 3 is 2.24 bits per heavy atom. The molecule has 3 aliphatic rings. The molecular formula is C15H29Cl2N3O. The Hall–Kier alpha value is -0.0300. The van der Waals surface area contributed by atoms with Crippen molar-refractivity contribution in [3.05, 3.63) is 0 Å². The molecule has 0 aromatic rings. The summed E-state index contributed by atoms with van der Waals surface area (Å²) in [6, 6.07) is 0.806. The van der Waals surface area contributed by atoms with Crippen LogP contribution in [0.1, 0.15) is 39.0 Å². The van der Waals surface area contributed by atoms with Crippen molar-refractivity contribution in [3.63, 3.8) is 0 Å². The summed E-state index contributed by atoms with van der Waals surface area (Å²) in [7, 11) is 0. The highest BCUT2D eigenvalue weighted by Crippen LogP contribution is 2.29. The largest absolute Gasteiger partial charge is 0.340 e. The number of rotatable bonds is 2. The minimum absolute atomic E-state index is 0. The number of nitrogens with zero attached hydrogens (tertiary/aromatic N) is 2. The van der Waals surface area contributed by atoms with Crippen molar-refractivity contribution in [1.29, 1.82) is 0 Å². The summed E-state index contributed by atoms with van der Waals surface area (Å²) in [6.07, 6.45) is 6.53. The van der Waals surface area contributed by atoms with E-state index in [1.54, 1.807) is 0 Å². The fraction of sp³-hybridized carbons (Fsp3) is 0.933. The first kappa shape index (κ1) is 19.0. The number of piperazine rings is 1. The molecule has 124 valence electrons. The number of carbonyl (C=O) groups is 1. The predicted molar refractivity (Wildman–Crippen MR) is 90.5 cm³/mol. The van der Waals surface area contributed by atoms with Gasteiger partial charge >= 0.3 is 0 Å². The highest BCUT2D eigenvalue weighted by atomic mass is 35.5. The molecule has 1 N–H and O–H groups in total. The van der Waals surface area contributed by atoms with Crippen LogP contribution in [0, 0.1) is 5.41 Å². The third kappa shape index (κ3) is 4.04. The summed E-state index contributed by atoms with van der Waals surface area (Å²) < 4.78 is 0. The van der Waals surface area contributed by atoms with Gasteiger partial charge in [0.2, 0.25) is 5.91 Å². The Bertz CT molecular complexity index is 334. The zero-order valence-electron chi connectivity index (χ0n) is 13.0. The van der Waals surface area contributed by atoms with Crippen LogP contribution in [0.2, 0.25) is 0 Å². The summed E-state index contributed by atoms with van der Waals surface area (Å²) >= 11 is 0. The van der Waals surface area contributed by atoms with Crippen LogP contribution in [-0.4, -0.2) is 61.0 Å². The quantitative estimate of drug-likeness (QED) is 0.836. The maximum absolute atomic E-state index is 12.6. The summed E-state index contributed by atoms with van der Waals surface area (Å²) in [6.45, 7) is 8.01. The summed E-state index contributed by atoms with van der Waals surface area (Å²) in [4.78, 5) is 17.3. The van der Waals surface area contributed by atoms with Crippen LogP contribution >= 0.6 is 24.8 Å². The molecule has 3 fully saturated rings. The van der Waals surface area contributed by atoms with Crippen LogP contribution in [0.5, 0.6) is 0 Å². The first-order chi connectivity index (χ1) is 9.19. The molecule has 0 spiro atoms. The van der Waals surface area contributed by atoms with E-state index in [0.29, 0.717) is 5.91 Å². The van der Waals surface area contributed by atoms with Gasteiger partial charge in [0, 0.05) is 38.8 Å². The van der Waals surface area contributed by atoms with E-state index in [1.807, 2.05) is 0 Å². The molecule has 1 aliphatic carbocycles. The normalized spacial score (nSPS) is 30.8. The lowest BCUT2D eigenvalue weighted by molar-refractivity contribution is -0.142. The van der Waals surface area contributed by atoms with Crippen LogP contribution in [-0.2, 0) is 4.79 Å². The van der Waals surface area contributed by atoms with Crippen molar-refractivity contribution in [2.24, 2.45) is 5.41 Å². The molecule has 21 heavy (non-hydrogen) atoms. The van der Waals surface area contributed by atoms with E-state index >= 15 is 0 Å². The Morgan fingerprint density at radius 2 is 1.71 bits per heavy atom. The highest BCUT2D eigenvalue weighted by molar-refractivity contribution is 5.85. The maximum Gasteiger partial charge on any atom is 0.229 e. The molecule has 6 heteroatoms.